The molecule has 4 heterocycles. The number of rotatable bonds is 4. The molecule has 0 fully saturated rings. The van der Waals surface area contributed by atoms with Crippen LogP contribution in [0.2, 0.25) is 0 Å². The molecule has 6 rings (SSSR count). The fourth-order valence-electron chi connectivity index (χ4n) is 3.63. The first kappa shape index (κ1) is 19.8. The summed E-state index contributed by atoms with van der Waals surface area (Å²) < 4.78 is 3.81. The van der Waals surface area contributed by atoms with Gasteiger partial charge in [-0.05, 0) is 36.6 Å². The molecule has 0 aliphatic rings. The molecule has 0 spiro atoms. The van der Waals surface area contributed by atoms with Crippen molar-refractivity contribution in [2.75, 3.05) is 0 Å². The summed E-state index contributed by atoms with van der Waals surface area (Å²) in [6.07, 6.45) is 3.84. The third-order valence-corrected chi connectivity index (χ3v) is 7.12. The van der Waals surface area contributed by atoms with E-state index in [0.29, 0.717) is 15.3 Å². The van der Waals surface area contributed by atoms with Gasteiger partial charge in [-0.3, -0.25) is 4.79 Å². The van der Waals surface area contributed by atoms with Crippen LogP contribution in [0.25, 0.3) is 38.7 Å². The topological polar surface area (TPSA) is 65.1 Å². The number of benzene rings is 2. The van der Waals surface area contributed by atoms with Gasteiger partial charge in [0.2, 0.25) is 4.96 Å². The second-order valence-corrected chi connectivity index (χ2v) is 9.56. The van der Waals surface area contributed by atoms with E-state index in [-0.39, 0.29) is 5.56 Å². The summed E-state index contributed by atoms with van der Waals surface area (Å²) in [7, 11) is 0. The Hall–Kier alpha value is -3.88. The number of hydrogen-bond acceptors (Lipinski definition) is 6. The van der Waals surface area contributed by atoms with Gasteiger partial charge in [0.25, 0.3) is 5.56 Å². The average molecular weight is 468 g/mol. The van der Waals surface area contributed by atoms with Crippen LogP contribution >= 0.6 is 22.7 Å². The second-order valence-electron chi connectivity index (χ2n) is 7.60. The SMILES string of the molecule is Cc1ccc(-c2nn(-c3ccccc3)cc2/C=c2\sc3nc(-c4cccs4)nn3c2=O)cc1. The zero-order valence-corrected chi connectivity index (χ0v) is 19.2. The second kappa shape index (κ2) is 7.91. The van der Waals surface area contributed by atoms with Gasteiger partial charge in [0.15, 0.2) is 5.82 Å². The Bertz CT molecular complexity index is 1680. The van der Waals surface area contributed by atoms with E-state index in [2.05, 4.69) is 41.3 Å². The van der Waals surface area contributed by atoms with Crippen molar-refractivity contribution in [3.63, 3.8) is 0 Å². The summed E-state index contributed by atoms with van der Waals surface area (Å²) in [6.45, 7) is 2.06. The first-order valence-corrected chi connectivity index (χ1v) is 12.0. The van der Waals surface area contributed by atoms with E-state index in [1.165, 1.54) is 21.4 Å². The van der Waals surface area contributed by atoms with Crippen LogP contribution < -0.4 is 10.1 Å². The quantitative estimate of drug-likeness (QED) is 0.380. The number of aromatic nitrogens is 5. The van der Waals surface area contributed by atoms with Crippen LogP contribution in [0.1, 0.15) is 11.1 Å². The molecule has 0 aliphatic carbocycles. The molecule has 0 unspecified atom stereocenters. The van der Waals surface area contributed by atoms with Gasteiger partial charge < -0.3 is 0 Å². The summed E-state index contributed by atoms with van der Waals surface area (Å²) in [5, 5.41) is 11.3. The van der Waals surface area contributed by atoms with Gasteiger partial charge in [0.05, 0.1) is 20.8 Å². The lowest BCUT2D eigenvalue weighted by Crippen LogP contribution is -2.23. The molecule has 2 aromatic carbocycles. The van der Waals surface area contributed by atoms with Gasteiger partial charge in [-0.25, -0.2) is 4.68 Å². The van der Waals surface area contributed by atoms with Gasteiger partial charge in [-0.2, -0.15) is 14.6 Å². The van der Waals surface area contributed by atoms with E-state index in [0.717, 1.165) is 27.4 Å². The predicted octanol–water partition coefficient (Wildman–Crippen LogP) is 4.59. The maximum absolute atomic E-state index is 13.1. The van der Waals surface area contributed by atoms with Crippen molar-refractivity contribution in [1.29, 1.82) is 0 Å². The molecule has 0 aliphatic heterocycles. The number of aryl methyl sites for hydroxylation is 1. The first-order valence-electron chi connectivity index (χ1n) is 10.3. The summed E-state index contributed by atoms with van der Waals surface area (Å²) in [4.78, 5) is 19.2. The lowest BCUT2D eigenvalue weighted by Gasteiger charge is -2.01. The maximum Gasteiger partial charge on any atom is 0.291 e. The van der Waals surface area contributed by atoms with E-state index in [9.17, 15) is 4.79 Å². The van der Waals surface area contributed by atoms with Crippen LogP contribution in [-0.2, 0) is 0 Å². The van der Waals surface area contributed by atoms with Crippen molar-refractivity contribution in [3.05, 3.63) is 104 Å². The Morgan fingerprint density at radius 3 is 2.48 bits per heavy atom. The number of thiazole rings is 1. The summed E-state index contributed by atoms with van der Waals surface area (Å²) in [5.41, 5.74) is 4.64. The zero-order chi connectivity index (χ0) is 22.4. The Kier molecular flexibility index (Phi) is 4.74. The Morgan fingerprint density at radius 2 is 1.76 bits per heavy atom. The largest absolute Gasteiger partial charge is 0.291 e. The summed E-state index contributed by atoms with van der Waals surface area (Å²) in [6, 6.07) is 22.1. The highest BCUT2D eigenvalue weighted by atomic mass is 32.1. The highest BCUT2D eigenvalue weighted by molar-refractivity contribution is 7.15. The highest BCUT2D eigenvalue weighted by Gasteiger charge is 2.15. The Labute approximate surface area is 196 Å². The van der Waals surface area contributed by atoms with Crippen molar-refractivity contribution >= 4 is 33.7 Å². The molecule has 0 saturated heterocycles. The van der Waals surface area contributed by atoms with E-state index >= 15 is 0 Å². The van der Waals surface area contributed by atoms with Crippen LogP contribution in [0.15, 0.2) is 83.1 Å². The average Bonchev–Trinajstić information content (AvgIpc) is 3.62. The third-order valence-electron chi connectivity index (χ3n) is 5.30. The molecule has 0 amide bonds. The Morgan fingerprint density at radius 1 is 0.939 bits per heavy atom. The number of nitrogens with zero attached hydrogens (tertiary/aromatic N) is 5. The van der Waals surface area contributed by atoms with E-state index in [4.69, 9.17) is 5.10 Å². The van der Waals surface area contributed by atoms with E-state index < -0.39 is 0 Å². The fourth-order valence-corrected chi connectivity index (χ4v) is 5.18. The maximum atomic E-state index is 13.1. The zero-order valence-electron chi connectivity index (χ0n) is 17.5. The minimum Gasteiger partial charge on any atom is -0.266 e. The van der Waals surface area contributed by atoms with Gasteiger partial charge in [-0.15, -0.1) is 16.4 Å². The minimum atomic E-state index is -0.173. The smallest absolute Gasteiger partial charge is 0.266 e. The molecule has 0 atom stereocenters. The lowest BCUT2D eigenvalue weighted by atomic mass is 10.1. The van der Waals surface area contributed by atoms with E-state index in [1.54, 1.807) is 11.3 Å². The first-order chi connectivity index (χ1) is 16.2. The predicted molar refractivity (Wildman–Crippen MR) is 133 cm³/mol. The van der Waals surface area contributed by atoms with Gasteiger partial charge >= 0.3 is 0 Å². The van der Waals surface area contributed by atoms with Crippen LogP contribution in [-0.4, -0.2) is 24.4 Å². The van der Waals surface area contributed by atoms with Crippen LogP contribution in [0.4, 0.5) is 0 Å². The molecule has 6 nitrogen and oxygen atoms in total. The van der Waals surface area contributed by atoms with Crippen molar-refractivity contribution in [1.82, 2.24) is 24.4 Å². The van der Waals surface area contributed by atoms with Crippen molar-refractivity contribution < 1.29 is 0 Å². The Balaban J connectivity index is 1.51. The molecular weight excluding hydrogens is 450 g/mol. The van der Waals surface area contributed by atoms with Crippen LogP contribution in [0, 0.1) is 6.92 Å². The molecule has 4 aromatic heterocycles. The van der Waals surface area contributed by atoms with Gasteiger partial charge in [0, 0.05) is 17.3 Å². The molecule has 0 bridgehead atoms. The molecular formula is C25H17N5OS2. The number of para-hydroxylation sites is 1. The summed E-state index contributed by atoms with van der Waals surface area (Å²) >= 11 is 2.89. The monoisotopic (exact) mass is 467 g/mol. The molecule has 0 saturated carbocycles. The van der Waals surface area contributed by atoms with E-state index in [1.807, 2.05) is 64.8 Å². The molecule has 0 radical (unpaired) electrons. The molecule has 33 heavy (non-hydrogen) atoms. The number of thiophene rings is 1. The minimum absolute atomic E-state index is 0.173. The molecule has 0 N–H and O–H groups in total. The van der Waals surface area contributed by atoms with Crippen molar-refractivity contribution in [3.8, 4) is 27.6 Å². The standard InChI is InChI=1S/C25H17N5OS2/c1-16-9-11-17(12-10-16)22-18(15-29(27-22)19-6-3-2-4-7-19)14-21-24(31)30-25(33-21)26-23(28-30)20-8-5-13-32-20/h2-15H,1H3/b21-14-. The van der Waals surface area contributed by atoms with Crippen LogP contribution in [0.3, 0.4) is 0 Å². The lowest BCUT2D eigenvalue weighted by molar-refractivity contribution is 0.884. The number of fused-ring (bicyclic) bond motifs is 1. The fraction of sp³-hybridized carbons (Fsp3) is 0.0400. The van der Waals surface area contributed by atoms with Gasteiger partial charge in [0.1, 0.15) is 0 Å². The van der Waals surface area contributed by atoms with Crippen LogP contribution in [0.5, 0.6) is 0 Å². The molecule has 160 valence electrons. The van der Waals surface area contributed by atoms with Crippen molar-refractivity contribution in [2.45, 2.75) is 6.92 Å². The van der Waals surface area contributed by atoms with Gasteiger partial charge in [-0.1, -0.05) is 65.4 Å². The normalized spacial score (nSPS) is 12.1. The third kappa shape index (κ3) is 3.59. The molecule has 6 aromatic rings. The molecule has 8 heteroatoms. The van der Waals surface area contributed by atoms with Crippen molar-refractivity contribution in [2.24, 2.45) is 0 Å². The highest BCUT2D eigenvalue weighted by Crippen LogP contribution is 2.25. The summed E-state index contributed by atoms with van der Waals surface area (Å²) in [5.74, 6) is 0.581. The number of hydrogen-bond donors (Lipinski definition) is 0.